The van der Waals surface area contributed by atoms with Crippen LogP contribution in [-0.4, -0.2) is 24.1 Å². The molecule has 0 saturated heterocycles. The lowest BCUT2D eigenvalue weighted by atomic mass is 10.1. The lowest BCUT2D eigenvalue weighted by molar-refractivity contribution is 0.546. The smallest absolute Gasteiger partial charge is 0.131 e. The fourth-order valence-electron chi connectivity index (χ4n) is 2.35. The van der Waals surface area contributed by atoms with E-state index in [-0.39, 0.29) is 6.04 Å². The Kier molecular flexibility index (Phi) is 6.29. The molecule has 0 aliphatic carbocycles. The van der Waals surface area contributed by atoms with Crippen molar-refractivity contribution < 1.29 is 0 Å². The summed E-state index contributed by atoms with van der Waals surface area (Å²) in [6.45, 7) is 13.1. The standard InChI is InChI=1S/C16H29N3/c1-12(2)10-19(11-13(3)4)16-15(9-14(5)17)7-6-8-18-16/h6-8,12-14H,9-11,17H2,1-5H3. The van der Waals surface area contributed by atoms with Gasteiger partial charge in [0, 0.05) is 25.3 Å². The van der Waals surface area contributed by atoms with E-state index in [2.05, 4.69) is 43.6 Å². The molecule has 0 fully saturated rings. The minimum Gasteiger partial charge on any atom is -0.356 e. The molecule has 1 aromatic heterocycles. The largest absolute Gasteiger partial charge is 0.356 e. The van der Waals surface area contributed by atoms with Gasteiger partial charge in [-0.05, 0) is 36.8 Å². The van der Waals surface area contributed by atoms with Crippen molar-refractivity contribution in [3.63, 3.8) is 0 Å². The molecule has 0 saturated carbocycles. The van der Waals surface area contributed by atoms with E-state index in [4.69, 9.17) is 5.73 Å². The van der Waals surface area contributed by atoms with Crippen LogP contribution < -0.4 is 10.6 Å². The highest BCUT2D eigenvalue weighted by atomic mass is 15.2. The lowest BCUT2D eigenvalue weighted by Crippen LogP contribution is -2.33. The number of rotatable bonds is 7. The number of nitrogens with zero attached hydrogens (tertiary/aromatic N) is 2. The fourth-order valence-corrected chi connectivity index (χ4v) is 2.35. The zero-order valence-electron chi connectivity index (χ0n) is 13.1. The van der Waals surface area contributed by atoms with Gasteiger partial charge in [-0.25, -0.2) is 4.98 Å². The van der Waals surface area contributed by atoms with Gasteiger partial charge in [0.05, 0.1) is 0 Å². The van der Waals surface area contributed by atoms with Crippen LogP contribution in [0.2, 0.25) is 0 Å². The van der Waals surface area contributed by atoms with Gasteiger partial charge in [-0.3, -0.25) is 0 Å². The first-order valence-electron chi connectivity index (χ1n) is 7.34. The number of pyridine rings is 1. The van der Waals surface area contributed by atoms with E-state index in [1.807, 2.05) is 19.2 Å². The van der Waals surface area contributed by atoms with Gasteiger partial charge < -0.3 is 10.6 Å². The van der Waals surface area contributed by atoms with Crippen LogP contribution in [0.1, 0.15) is 40.2 Å². The molecular weight excluding hydrogens is 234 g/mol. The summed E-state index contributed by atoms with van der Waals surface area (Å²) in [6.07, 6.45) is 2.77. The highest BCUT2D eigenvalue weighted by Gasteiger charge is 2.15. The van der Waals surface area contributed by atoms with Gasteiger partial charge in [0.2, 0.25) is 0 Å². The van der Waals surface area contributed by atoms with Crippen molar-refractivity contribution in [1.29, 1.82) is 0 Å². The molecule has 1 unspecified atom stereocenters. The third-order valence-electron chi connectivity index (χ3n) is 2.88. The second kappa shape index (κ2) is 7.49. The topological polar surface area (TPSA) is 42.2 Å². The molecule has 0 amide bonds. The normalized spacial score (nSPS) is 13.1. The molecule has 1 rings (SSSR count). The van der Waals surface area contributed by atoms with Gasteiger partial charge >= 0.3 is 0 Å². The van der Waals surface area contributed by atoms with Crippen LogP contribution >= 0.6 is 0 Å². The summed E-state index contributed by atoms with van der Waals surface area (Å²) in [5, 5.41) is 0. The van der Waals surface area contributed by atoms with Crippen molar-refractivity contribution in [1.82, 2.24) is 4.98 Å². The van der Waals surface area contributed by atoms with Gasteiger partial charge in [0.15, 0.2) is 0 Å². The SMILES string of the molecule is CC(C)CN(CC(C)C)c1ncccc1CC(C)N. The van der Waals surface area contributed by atoms with Gasteiger partial charge in [0.25, 0.3) is 0 Å². The Balaban J connectivity index is 2.99. The summed E-state index contributed by atoms with van der Waals surface area (Å²) in [5.74, 6) is 2.37. The Morgan fingerprint density at radius 1 is 1.11 bits per heavy atom. The average Bonchev–Trinajstić information content (AvgIpc) is 2.26. The van der Waals surface area contributed by atoms with Crippen molar-refractivity contribution >= 4 is 5.82 Å². The van der Waals surface area contributed by atoms with E-state index >= 15 is 0 Å². The second-order valence-electron chi connectivity index (χ2n) is 6.36. The highest BCUT2D eigenvalue weighted by Crippen LogP contribution is 2.21. The minimum absolute atomic E-state index is 0.169. The summed E-state index contributed by atoms with van der Waals surface area (Å²) >= 11 is 0. The van der Waals surface area contributed by atoms with Crippen LogP contribution in [0.4, 0.5) is 5.82 Å². The molecule has 1 atom stereocenters. The van der Waals surface area contributed by atoms with E-state index in [9.17, 15) is 0 Å². The minimum atomic E-state index is 0.169. The zero-order chi connectivity index (χ0) is 14.4. The van der Waals surface area contributed by atoms with E-state index in [0.717, 1.165) is 25.3 Å². The van der Waals surface area contributed by atoms with E-state index < -0.39 is 0 Å². The first-order chi connectivity index (χ1) is 8.90. The van der Waals surface area contributed by atoms with E-state index in [0.29, 0.717) is 11.8 Å². The quantitative estimate of drug-likeness (QED) is 0.822. The third kappa shape index (κ3) is 5.60. The maximum absolute atomic E-state index is 5.95. The van der Waals surface area contributed by atoms with Crippen LogP contribution in [0.5, 0.6) is 0 Å². The number of hydrogen-bond acceptors (Lipinski definition) is 3. The Labute approximate surface area is 118 Å². The molecule has 0 aliphatic rings. The monoisotopic (exact) mass is 263 g/mol. The molecule has 2 N–H and O–H groups in total. The Morgan fingerprint density at radius 2 is 1.68 bits per heavy atom. The molecule has 108 valence electrons. The first-order valence-corrected chi connectivity index (χ1v) is 7.34. The predicted octanol–water partition coefficient (Wildman–Crippen LogP) is 3.09. The van der Waals surface area contributed by atoms with Crippen LogP contribution in [-0.2, 0) is 6.42 Å². The zero-order valence-corrected chi connectivity index (χ0v) is 13.1. The van der Waals surface area contributed by atoms with Crippen molar-refractivity contribution in [3.8, 4) is 0 Å². The Morgan fingerprint density at radius 3 is 2.16 bits per heavy atom. The van der Waals surface area contributed by atoms with Gasteiger partial charge in [0.1, 0.15) is 5.82 Å². The molecule has 0 radical (unpaired) electrons. The third-order valence-corrected chi connectivity index (χ3v) is 2.88. The van der Waals surface area contributed by atoms with Crippen LogP contribution in [0.25, 0.3) is 0 Å². The molecule has 19 heavy (non-hydrogen) atoms. The molecule has 0 bridgehead atoms. The molecule has 3 heteroatoms. The predicted molar refractivity (Wildman–Crippen MR) is 83.5 cm³/mol. The van der Waals surface area contributed by atoms with Crippen LogP contribution in [0.3, 0.4) is 0 Å². The molecule has 0 aliphatic heterocycles. The number of hydrogen-bond donors (Lipinski definition) is 1. The average molecular weight is 263 g/mol. The second-order valence-corrected chi connectivity index (χ2v) is 6.36. The maximum Gasteiger partial charge on any atom is 0.131 e. The Bertz CT molecular complexity index is 362. The lowest BCUT2D eigenvalue weighted by Gasteiger charge is -2.29. The van der Waals surface area contributed by atoms with Crippen molar-refractivity contribution in [2.24, 2.45) is 17.6 Å². The Hall–Kier alpha value is -1.09. The van der Waals surface area contributed by atoms with Crippen molar-refractivity contribution in [3.05, 3.63) is 23.9 Å². The maximum atomic E-state index is 5.95. The molecule has 0 aromatic carbocycles. The number of aromatic nitrogens is 1. The molecule has 3 nitrogen and oxygen atoms in total. The molecular formula is C16H29N3. The number of anilines is 1. The van der Waals surface area contributed by atoms with E-state index in [1.165, 1.54) is 5.56 Å². The summed E-state index contributed by atoms with van der Waals surface area (Å²) in [6, 6.07) is 4.33. The highest BCUT2D eigenvalue weighted by molar-refractivity contribution is 5.47. The summed E-state index contributed by atoms with van der Waals surface area (Å²) < 4.78 is 0. The van der Waals surface area contributed by atoms with Crippen LogP contribution in [0, 0.1) is 11.8 Å². The molecule has 0 spiro atoms. The van der Waals surface area contributed by atoms with Gasteiger partial charge in [-0.15, -0.1) is 0 Å². The first kappa shape index (κ1) is 16.0. The summed E-state index contributed by atoms with van der Waals surface area (Å²) in [4.78, 5) is 7.02. The number of nitrogens with two attached hydrogens (primary N) is 1. The van der Waals surface area contributed by atoms with Crippen molar-refractivity contribution in [2.45, 2.75) is 47.1 Å². The van der Waals surface area contributed by atoms with E-state index in [1.54, 1.807) is 0 Å². The summed E-state index contributed by atoms with van der Waals surface area (Å²) in [7, 11) is 0. The van der Waals surface area contributed by atoms with Crippen molar-refractivity contribution in [2.75, 3.05) is 18.0 Å². The molecule has 1 aromatic rings. The fraction of sp³-hybridized carbons (Fsp3) is 0.688. The van der Waals surface area contributed by atoms with Gasteiger partial charge in [-0.2, -0.15) is 0 Å². The summed E-state index contributed by atoms with van der Waals surface area (Å²) in [5.41, 5.74) is 7.21. The van der Waals surface area contributed by atoms with Gasteiger partial charge in [-0.1, -0.05) is 33.8 Å². The molecule has 1 heterocycles. The van der Waals surface area contributed by atoms with Crippen LogP contribution in [0.15, 0.2) is 18.3 Å².